The molecule has 1 aromatic heterocycles. The fourth-order valence-corrected chi connectivity index (χ4v) is 1.64. The molecule has 0 radical (unpaired) electrons. The molecule has 2 N–H and O–H groups in total. The fourth-order valence-electron chi connectivity index (χ4n) is 1.64. The number of aromatic hydroxyl groups is 1. The number of H-pyrrole nitrogens is 1. The lowest BCUT2D eigenvalue weighted by Gasteiger charge is -2.06. The zero-order valence-corrected chi connectivity index (χ0v) is 9.82. The number of benzene rings is 1. The molecule has 0 saturated heterocycles. The summed E-state index contributed by atoms with van der Waals surface area (Å²) in [4.78, 5) is 18.1. The van der Waals surface area contributed by atoms with Gasteiger partial charge in [0.1, 0.15) is 5.82 Å². The lowest BCUT2D eigenvalue weighted by Crippen LogP contribution is -2.14. The monoisotopic (exact) mass is 230 g/mol. The number of nitrogens with zero attached hydrogens (tertiary/aromatic N) is 1. The molecule has 88 valence electrons. The molecule has 4 nitrogen and oxygen atoms in total. The zero-order chi connectivity index (χ0) is 12.4. The SMILES string of the molecule is Cc1ccccc1Cc1nc(O)c(C)c(=O)[nH]1. The molecule has 2 rings (SSSR count). The third kappa shape index (κ3) is 2.36. The Labute approximate surface area is 99.0 Å². The summed E-state index contributed by atoms with van der Waals surface area (Å²) < 4.78 is 0. The quantitative estimate of drug-likeness (QED) is 0.825. The molecule has 17 heavy (non-hydrogen) atoms. The van der Waals surface area contributed by atoms with E-state index < -0.39 is 0 Å². The van der Waals surface area contributed by atoms with Crippen LogP contribution in [0.25, 0.3) is 0 Å². The lowest BCUT2D eigenvalue weighted by molar-refractivity contribution is 0.443. The standard InChI is InChI=1S/C13H14N2O2/c1-8-5-3-4-6-10(8)7-11-14-12(16)9(2)13(17)15-11/h3-6H,7H2,1-2H3,(H2,14,15,16,17). The summed E-state index contributed by atoms with van der Waals surface area (Å²) in [6, 6.07) is 7.88. The van der Waals surface area contributed by atoms with Crippen LogP contribution in [-0.4, -0.2) is 15.1 Å². The van der Waals surface area contributed by atoms with Gasteiger partial charge in [-0.25, -0.2) is 0 Å². The van der Waals surface area contributed by atoms with E-state index in [1.807, 2.05) is 31.2 Å². The van der Waals surface area contributed by atoms with Crippen LogP contribution in [0.5, 0.6) is 5.88 Å². The predicted octanol–water partition coefficient (Wildman–Crippen LogP) is 1.68. The van der Waals surface area contributed by atoms with Crippen molar-refractivity contribution in [3.05, 3.63) is 57.1 Å². The van der Waals surface area contributed by atoms with Crippen LogP contribution in [0.2, 0.25) is 0 Å². The van der Waals surface area contributed by atoms with Crippen LogP contribution >= 0.6 is 0 Å². The molecule has 0 atom stereocenters. The van der Waals surface area contributed by atoms with Crippen molar-refractivity contribution in [2.24, 2.45) is 0 Å². The summed E-state index contributed by atoms with van der Waals surface area (Å²) in [7, 11) is 0. The molecule has 0 spiro atoms. The van der Waals surface area contributed by atoms with Gasteiger partial charge in [0.15, 0.2) is 0 Å². The normalized spacial score (nSPS) is 10.5. The highest BCUT2D eigenvalue weighted by Gasteiger charge is 2.07. The second kappa shape index (κ2) is 4.41. The van der Waals surface area contributed by atoms with Gasteiger partial charge in [0.25, 0.3) is 5.56 Å². The van der Waals surface area contributed by atoms with Crippen molar-refractivity contribution in [1.82, 2.24) is 9.97 Å². The van der Waals surface area contributed by atoms with Crippen LogP contribution in [0.4, 0.5) is 0 Å². The van der Waals surface area contributed by atoms with Crippen molar-refractivity contribution in [2.45, 2.75) is 20.3 Å². The number of aryl methyl sites for hydroxylation is 1. The van der Waals surface area contributed by atoms with E-state index in [4.69, 9.17) is 0 Å². The Morgan fingerprint density at radius 2 is 2.00 bits per heavy atom. The fraction of sp³-hybridized carbons (Fsp3) is 0.231. The van der Waals surface area contributed by atoms with Gasteiger partial charge in [0.05, 0.1) is 5.56 Å². The van der Waals surface area contributed by atoms with Crippen molar-refractivity contribution in [3.63, 3.8) is 0 Å². The Bertz CT molecular complexity index is 603. The topological polar surface area (TPSA) is 66.0 Å². The lowest BCUT2D eigenvalue weighted by atomic mass is 10.1. The van der Waals surface area contributed by atoms with Crippen molar-refractivity contribution in [1.29, 1.82) is 0 Å². The summed E-state index contributed by atoms with van der Waals surface area (Å²) in [6.07, 6.45) is 0.510. The number of aromatic amines is 1. The van der Waals surface area contributed by atoms with E-state index in [1.54, 1.807) is 6.92 Å². The molecule has 0 aliphatic rings. The average molecular weight is 230 g/mol. The van der Waals surface area contributed by atoms with Crippen molar-refractivity contribution >= 4 is 0 Å². The van der Waals surface area contributed by atoms with Gasteiger partial charge in [-0.05, 0) is 25.0 Å². The van der Waals surface area contributed by atoms with E-state index in [9.17, 15) is 9.90 Å². The van der Waals surface area contributed by atoms with Gasteiger partial charge in [-0.2, -0.15) is 4.98 Å². The molecule has 4 heteroatoms. The van der Waals surface area contributed by atoms with E-state index >= 15 is 0 Å². The van der Waals surface area contributed by atoms with Crippen LogP contribution in [0, 0.1) is 13.8 Å². The molecular weight excluding hydrogens is 216 g/mol. The summed E-state index contributed by atoms with van der Waals surface area (Å²) in [5, 5.41) is 9.50. The molecule has 0 aliphatic heterocycles. The maximum atomic E-state index is 11.5. The van der Waals surface area contributed by atoms with E-state index in [0.717, 1.165) is 11.1 Å². The number of rotatable bonds is 2. The van der Waals surface area contributed by atoms with Gasteiger partial charge in [-0.15, -0.1) is 0 Å². The minimum Gasteiger partial charge on any atom is -0.493 e. The van der Waals surface area contributed by atoms with E-state index in [0.29, 0.717) is 12.2 Å². The Kier molecular flexibility index (Phi) is 2.95. The van der Waals surface area contributed by atoms with Crippen LogP contribution in [0.3, 0.4) is 0 Å². The van der Waals surface area contributed by atoms with Crippen LogP contribution in [0.15, 0.2) is 29.1 Å². The molecule has 0 saturated carbocycles. The maximum Gasteiger partial charge on any atom is 0.257 e. The highest BCUT2D eigenvalue weighted by molar-refractivity contribution is 5.29. The molecule has 0 unspecified atom stereocenters. The third-order valence-electron chi connectivity index (χ3n) is 2.79. The van der Waals surface area contributed by atoms with Crippen molar-refractivity contribution in [2.75, 3.05) is 0 Å². The minimum atomic E-state index is -0.291. The maximum absolute atomic E-state index is 11.5. The van der Waals surface area contributed by atoms with Crippen LogP contribution in [-0.2, 0) is 6.42 Å². The first-order chi connectivity index (χ1) is 8.08. The predicted molar refractivity (Wildman–Crippen MR) is 65.2 cm³/mol. The summed E-state index contributed by atoms with van der Waals surface area (Å²) >= 11 is 0. The van der Waals surface area contributed by atoms with Gasteiger partial charge in [-0.1, -0.05) is 24.3 Å². The van der Waals surface area contributed by atoms with E-state index in [1.165, 1.54) is 0 Å². The average Bonchev–Trinajstić information content (AvgIpc) is 2.29. The summed E-state index contributed by atoms with van der Waals surface area (Å²) in [5.41, 5.74) is 2.17. The van der Waals surface area contributed by atoms with Crippen molar-refractivity contribution in [3.8, 4) is 5.88 Å². The second-order valence-corrected chi connectivity index (χ2v) is 4.06. The Balaban J connectivity index is 2.38. The van der Waals surface area contributed by atoms with Gasteiger partial charge in [0.2, 0.25) is 5.88 Å². The van der Waals surface area contributed by atoms with E-state index in [2.05, 4.69) is 9.97 Å². The van der Waals surface area contributed by atoms with Gasteiger partial charge in [-0.3, -0.25) is 4.79 Å². The Hall–Kier alpha value is -2.10. The highest BCUT2D eigenvalue weighted by atomic mass is 16.3. The van der Waals surface area contributed by atoms with Crippen LogP contribution in [0.1, 0.15) is 22.5 Å². The first-order valence-corrected chi connectivity index (χ1v) is 5.41. The third-order valence-corrected chi connectivity index (χ3v) is 2.79. The molecule has 0 fully saturated rings. The van der Waals surface area contributed by atoms with Gasteiger partial charge in [0, 0.05) is 6.42 Å². The van der Waals surface area contributed by atoms with Crippen LogP contribution < -0.4 is 5.56 Å². The molecule has 0 amide bonds. The Morgan fingerprint density at radius 1 is 1.29 bits per heavy atom. The molecule has 1 aromatic carbocycles. The molecular formula is C13H14N2O2. The number of aromatic nitrogens is 2. The van der Waals surface area contributed by atoms with Crippen molar-refractivity contribution < 1.29 is 5.11 Å². The summed E-state index contributed by atoms with van der Waals surface area (Å²) in [6.45, 7) is 3.54. The van der Waals surface area contributed by atoms with Gasteiger partial charge >= 0.3 is 0 Å². The molecule has 1 heterocycles. The smallest absolute Gasteiger partial charge is 0.257 e. The Morgan fingerprint density at radius 3 is 2.65 bits per heavy atom. The number of hydrogen-bond donors (Lipinski definition) is 2. The first-order valence-electron chi connectivity index (χ1n) is 5.41. The summed E-state index contributed by atoms with van der Waals surface area (Å²) in [5.74, 6) is 0.282. The number of nitrogens with one attached hydrogen (secondary N) is 1. The zero-order valence-electron chi connectivity index (χ0n) is 9.82. The number of hydrogen-bond acceptors (Lipinski definition) is 3. The molecule has 0 aliphatic carbocycles. The van der Waals surface area contributed by atoms with Gasteiger partial charge < -0.3 is 10.1 Å². The minimum absolute atomic E-state index is 0.197. The molecule has 2 aromatic rings. The molecule has 0 bridgehead atoms. The first kappa shape index (κ1) is 11.4. The largest absolute Gasteiger partial charge is 0.493 e. The van der Waals surface area contributed by atoms with E-state index in [-0.39, 0.29) is 17.0 Å². The highest BCUT2D eigenvalue weighted by Crippen LogP contribution is 2.12. The second-order valence-electron chi connectivity index (χ2n) is 4.06.